The Kier molecular flexibility index (Phi) is 6.17. The summed E-state index contributed by atoms with van der Waals surface area (Å²) in [6.45, 7) is 5.42. The van der Waals surface area contributed by atoms with Crippen molar-refractivity contribution in [1.29, 1.82) is 0 Å². The number of hydrogen-bond acceptors (Lipinski definition) is 7. The summed E-state index contributed by atoms with van der Waals surface area (Å²) in [5.74, 6) is 2.42. The molecule has 7 heteroatoms. The van der Waals surface area contributed by atoms with Crippen LogP contribution in [0.15, 0.2) is 60.7 Å². The first-order valence-electron chi connectivity index (χ1n) is 12.4. The molecular formula is C29H29NO6. The summed E-state index contributed by atoms with van der Waals surface area (Å²) < 4.78 is 23.9. The topological polar surface area (TPSA) is 80.6 Å². The first kappa shape index (κ1) is 22.8. The molecule has 3 heterocycles. The van der Waals surface area contributed by atoms with Gasteiger partial charge in [0.25, 0.3) is 0 Å². The van der Waals surface area contributed by atoms with Crippen molar-refractivity contribution >= 4 is 11.1 Å². The van der Waals surface area contributed by atoms with E-state index in [1.807, 2.05) is 36.4 Å². The minimum Gasteiger partial charge on any atom is -0.508 e. The predicted molar refractivity (Wildman–Crippen MR) is 136 cm³/mol. The Morgan fingerprint density at radius 1 is 0.833 bits per heavy atom. The van der Waals surface area contributed by atoms with Crippen molar-refractivity contribution in [3.05, 3.63) is 77.4 Å². The number of ether oxygens (including phenoxy) is 4. The molecule has 36 heavy (non-hydrogen) atoms. The van der Waals surface area contributed by atoms with Crippen LogP contribution in [0.4, 0.5) is 0 Å². The third-order valence-corrected chi connectivity index (χ3v) is 6.95. The smallest absolute Gasteiger partial charge is 0.150 e. The predicted octanol–water partition coefficient (Wildman–Crippen LogP) is 4.64. The zero-order valence-corrected chi connectivity index (χ0v) is 20.0. The summed E-state index contributed by atoms with van der Waals surface area (Å²) in [5, 5.41) is 20.2. The lowest BCUT2D eigenvalue weighted by atomic mass is 9.84. The number of phenols is 2. The molecule has 6 rings (SSSR count). The van der Waals surface area contributed by atoms with Gasteiger partial charge in [0, 0.05) is 54.9 Å². The fourth-order valence-electron chi connectivity index (χ4n) is 5.13. The molecule has 0 amide bonds. The first-order chi connectivity index (χ1) is 17.7. The Bertz CT molecular complexity index is 1280. The number of hydrogen-bond donors (Lipinski definition) is 2. The molecule has 1 atom stereocenters. The Morgan fingerprint density at radius 3 is 2.33 bits per heavy atom. The van der Waals surface area contributed by atoms with Gasteiger partial charge >= 0.3 is 0 Å². The molecule has 7 nitrogen and oxygen atoms in total. The highest BCUT2D eigenvalue weighted by molar-refractivity contribution is 5.98. The molecule has 0 spiro atoms. The molecule has 1 saturated heterocycles. The number of nitrogens with zero attached hydrogens (tertiary/aromatic N) is 1. The molecule has 186 valence electrons. The number of phenolic OH excluding ortho intramolecular Hbond substituents is 2. The van der Waals surface area contributed by atoms with Crippen molar-refractivity contribution in [2.24, 2.45) is 0 Å². The number of morpholine rings is 1. The lowest BCUT2D eigenvalue weighted by Gasteiger charge is -2.31. The van der Waals surface area contributed by atoms with Crippen molar-refractivity contribution in [1.82, 2.24) is 4.90 Å². The average Bonchev–Trinajstić information content (AvgIpc) is 3.08. The van der Waals surface area contributed by atoms with Gasteiger partial charge in [0.05, 0.1) is 19.8 Å². The molecule has 0 aromatic heterocycles. The van der Waals surface area contributed by atoms with Gasteiger partial charge in [-0.2, -0.15) is 0 Å². The standard InChI is InChI=1S/C29H29NO6/c31-20-4-8-25-26(17-20)35-13-9-24-23-7-3-21(32)18-27(23)36-29(28(24)25)19-1-5-22(6-2-19)34-16-12-30-10-14-33-15-11-30/h1-8,17-18,29,31-32H,9-16H2/t29-/m1/s1. The van der Waals surface area contributed by atoms with Crippen LogP contribution in [-0.4, -0.2) is 61.2 Å². The summed E-state index contributed by atoms with van der Waals surface area (Å²) >= 11 is 0. The minimum atomic E-state index is -0.401. The fourth-order valence-corrected chi connectivity index (χ4v) is 5.13. The molecule has 3 aromatic carbocycles. The van der Waals surface area contributed by atoms with E-state index in [4.69, 9.17) is 18.9 Å². The Morgan fingerprint density at radius 2 is 1.56 bits per heavy atom. The summed E-state index contributed by atoms with van der Waals surface area (Å²) in [6, 6.07) is 18.5. The summed E-state index contributed by atoms with van der Waals surface area (Å²) in [6.07, 6.45) is 0.284. The number of rotatable bonds is 5. The van der Waals surface area contributed by atoms with E-state index in [1.165, 1.54) is 0 Å². The van der Waals surface area contributed by atoms with E-state index in [1.54, 1.807) is 24.3 Å². The Hall–Kier alpha value is -3.68. The van der Waals surface area contributed by atoms with Crippen LogP contribution in [0.3, 0.4) is 0 Å². The maximum Gasteiger partial charge on any atom is 0.150 e. The number of benzene rings is 3. The highest BCUT2D eigenvalue weighted by Gasteiger charge is 2.34. The average molecular weight is 488 g/mol. The van der Waals surface area contributed by atoms with Gasteiger partial charge in [-0.25, -0.2) is 0 Å². The summed E-state index contributed by atoms with van der Waals surface area (Å²) in [5.41, 5.74) is 4.96. The SMILES string of the molecule is Oc1ccc2c(c1)O[C@H](c1ccc(OCCN3CCOCC3)cc1)C1=C2CCOc2cc(O)ccc21. The van der Waals surface area contributed by atoms with Crippen molar-refractivity contribution in [2.45, 2.75) is 12.5 Å². The second kappa shape index (κ2) is 9.76. The van der Waals surface area contributed by atoms with Gasteiger partial charge in [-0.1, -0.05) is 12.1 Å². The molecule has 3 aliphatic rings. The lowest BCUT2D eigenvalue weighted by molar-refractivity contribution is 0.0322. The van der Waals surface area contributed by atoms with Gasteiger partial charge in [0.15, 0.2) is 0 Å². The quantitative estimate of drug-likeness (QED) is 0.543. The highest BCUT2D eigenvalue weighted by Crippen LogP contribution is 2.51. The Labute approximate surface area is 210 Å². The first-order valence-corrected chi connectivity index (χ1v) is 12.4. The van der Waals surface area contributed by atoms with Crippen LogP contribution in [0.25, 0.3) is 11.1 Å². The maximum absolute atomic E-state index is 10.1. The molecule has 3 aromatic rings. The summed E-state index contributed by atoms with van der Waals surface area (Å²) in [4.78, 5) is 2.35. The number of fused-ring (bicyclic) bond motifs is 4. The van der Waals surface area contributed by atoms with Gasteiger partial charge in [0.1, 0.15) is 41.5 Å². The molecule has 0 bridgehead atoms. The van der Waals surface area contributed by atoms with E-state index in [0.29, 0.717) is 31.1 Å². The van der Waals surface area contributed by atoms with Gasteiger partial charge in [-0.3, -0.25) is 4.90 Å². The molecule has 1 fully saturated rings. The normalized spacial score (nSPS) is 19.3. The fraction of sp³-hybridized carbons (Fsp3) is 0.310. The third kappa shape index (κ3) is 4.47. The molecule has 3 aliphatic heterocycles. The van der Waals surface area contributed by atoms with Crippen molar-refractivity contribution < 1.29 is 29.2 Å². The molecule has 0 unspecified atom stereocenters. The van der Waals surface area contributed by atoms with Gasteiger partial charge in [-0.05, 0) is 47.5 Å². The second-order valence-corrected chi connectivity index (χ2v) is 9.22. The summed E-state index contributed by atoms with van der Waals surface area (Å²) in [7, 11) is 0. The van der Waals surface area contributed by atoms with E-state index in [0.717, 1.165) is 66.4 Å². The van der Waals surface area contributed by atoms with E-state index in [9.17, 15) is 10.2 Å². The largest absolute Gasteiger partial charge is 0.508 e. The maximum atomic E-state index is 10.1. The van der Waals surface area contributed by atoms with Gasteiger partial charge in [0.2, 0.25) is 0 Å². The monoisotopic (exact) mass is 487 g/mol. The van der Waals surface area contributed by atoms with Crippen molar-refractivity contribution in [2.75, 3.05) is 46.1 Å². The molecule has 0 saturated carbocycles. The van der Waals surface area contributed by atoms with Crippen LogP contribution in [0.5, 0.6) is 28.7 Å². The molecule has 2 N–H and O–H groups in total. The van der Waals surface area contributed by atoms with Crippen LogP contribution in [-0.2, 0) is 4.74 Å². The third-order valence-electron chi connectivity index (χ3n) is 6.95. The van der Waals surface area contributed by atoms with E-state index >= 15 is 0 Å². The van der Waals surface area contributed by atoms with Crippen LogP contribution < -0.4 is 14.2 Å². The zero-order valence-electron chi connectivity index (χ0n) is 20.0. The van der Waals surface area contributed by atoms with Crippen LogP contribution in [0.2, 0.25) is 0 Å². The van der Waals surface area contributed by atoms with Gasteiger partial charge < -0.3 is 29.2 Å². The molecule has 0 radical (unpaired) electrons. The Balaban J connectivity index is 1.31. The van der Waals surface area contributed by atoms with Crippen LogP contribution in [0, 0.1) is 0 Å². The van der Waals surface area contributed by atoms with Gasteiger partial charge in [-0.15, -0.1) is 0 Å². The van der Waals surface area contributed by atoms with Crippen LogP contribution >= 0.6 is 0 Å². The van der Waals surface area contributed by atoms with Crippen molar-refractivity contribution in [3.8, 4) is 28.7 Å². The van der Waals surface area contributed by atoms with E-state index < -0.39 is 6.10 Å². The highest BCUT2D eigenvalue weighted by atomic mass is 16.5. The zero-order chi connectivity index (χ0) is 24.5. The molecular weight excluding hydrogens is 458 g/mol. The van der Waals surface area contributed by atoms with E-state index in [2.05, 4.69) is 4.90 Å². The van der Waals surface area contributed by atoms with Crippen LogP contribution in [0.1, 0.15) is 29.2 Å². The molecule has 0 aliphatic carbocycles. The minimum absolute atomic E-state index is 0.162. The number of aromatic hydroxyl groups is 2. The van der Waals surface area contributed by atoms with E-state index in [-0.39, 0.29) is 11.5 Å². The van der Waals surface area contributed by atoms with Crippen molar-refractivity contribution in [3.63, 3.8) is 0 Å². The second-order valence-electron chi connectivity index (χ2n) is 9.22. The lowest BCUT2D eigenvalue weighted by Crippen LogP contribution is -2.38.